The van der Waals surface area contributed by atoms with Gasteiger partial charge in [0.05, 0.1) is 0 Å². The lowest BCUT2D eigenvalue weighted by Crippen LogP contribution is -2.12. The van der Waals surface area contributed by atoms with Crippen LogP contribution in [0.25, 0.3) is 10.2 Å². The highest BCUT2D eigenvalue weighted by Crippen LogP contribution is 2.34. The third kappa shape index (κ3) is 2.18. The quantitative estimate of drug-likeness (QED) is 0.715. The molecule has 0 aliphatic rings. The minimum absolute atomic E-state index is 0.242. The van der Waals surface area contributed by atoms with Crippen molar-refractivity contribution >= 4 is 39.3 Å². The zero-order chi connectivity index (χ0) is 14.3. The van der Waals surface area contributed by atoms with Crippen molar-refractivity contribution in [2.24, 2.45) is 7.05 Å². The fourth-order valence-electron chi connectivity index (χ4n) is 1.72. The molecule has 3 rings (SSSR count). The van der Waals surface area contributed by atoms with E-state index in [0.29, 0.717) is 11.1 Å². The van der Waals surface area contributed by atoms with Gasteiger partial charge in [0.15, 0.2) is 5.16 Å². The number of anilines is 1. The molecule has 104 valence electrons. The van der Waals surface area contributed by atoms with Gasteiger partial charge in [0.1, 0.15) is 9.86 Å². The summed E-state index contributed by atoms with van der Waals surface area (Å²) >= 11 is 2.96. The zero-order valence-electron chi connectivity index (χ0n) is 11.1. The Morgan fingerprint density at radius 3 is 2.90 bits per heavy atom. The van der Waals surface area contributed by atoms with Crippen molar-refractivity contribution < 1.29 is 0 Å². The topological polar surface area (TPSA) is 88.5 Å². The summed E-state index contributed by atoms with van der Waals surface area (Å²) < 4.78 is 1.46. The van der Waals surface area contributed by atoms with E-state index in [-0.39, 0.29) is 5.69 Å². The number of nitrogens with zero attached hydrogens (tertiary/aromatic N) is 4. The van der Waals surface area contributed by atoms with Gasteiger partial charge in [0, 0.05) is 24.4 Å². The predicted molar refractivity (Wildman–Crippen MR) is 79.7 cm³/mol. The van der Waals surface area contributed by atoms with Gasteiger partial charge in [-0.25, -0.2) is 19.9 Å². The van der Waals surface area contributed by atoms with Crippen LogP contribution < -0.4 is 11.0 Å². The molecule has 0 amide bonds. The van der Waals surface area contributed by atoms with Crippen molar-refractivity contribution in [3.8, 4) is 0 Å². The Bertz CT molecular complexity index is 833. The summed E-state index contributed by atoms with van der Waals surface area (Å²) in [4.78, 5) is 22.4. The molecule has 2 N–H and O–H groups in total. The lowest BCUT2D eigenvalue weighted by Gasteiger charge is -2.04. The zero-order valence-corrected chi connectivity index (χ0v) is 12.7. The molecule has 0 saturated carbocycles. The minimum atomic E-state index is -0.242. The lowest BCUT2D eigenvalue weighted by atomic mass is 10.4. The van der Waals surface area contributed by atoms with Gasteiger partial charge in [-0.1, -0.05) is 0 Å². The van der Waals surface area contributed by atoms with E-state index >= 15 is 0 Å². The number of H-pyrrole nitrogens is 1. The van der Waals surface area contributed by atoms with Crippen LogP contribution >= 0.6 is 23.1 Å². The number of aryl methyl sites for hydroxylation is 1. The average molecular weight is 308 g/mol. The maximum absolute atomic E-state index is 11.4. The maximum Gasteiger partial charge on any atom is 0.343 e. The summed E-state index contributed by atoms with van der Waals surface area (Å²) in [5, 5.41) is 11.7. The van der Waals surface area contributed by atoms with Gasteiger partial charge >= 0.3 is 5.69 Å². The van der Waals surface area contributed by atoms with Gasteiger partial charge in [0.2, 0.25) is 5.95 Å². The number of hydrogen-bond donors (Lipinski definition) is 2. The molecule has 0 aliphatic heterocycles. The predicted octanol–water partition coefficient (Wildman–Crippen LogP) is 1.61. The second kappa shape index (κ2) is 4.91. The Hall–Kier alpha value is -1.87. The van der Waals surface area contributed by atoms with Gasteiger partial charge in [-0.2, -0.15) is 0 Å². The van der Waals surface area contributed by atoms with Crippen molar-refractivity contribution in [2.75, 3.05) is 12.4 Å². The van der Waals surface area contributed by atoms with Crippen LogP contribution in [0.5, 0.6) is 0 Å². The Labute approximate surface area is 122 Å². The molecule has 3 heterocycles. The normalized spacial score (nSPS) is 11.2. The monoisotopic (exact) mass is 308 g/mol. The SMILES string of the molecule is CNc1nc(Sc2n[nH]c(=O)n2C)c2cc(C)sc2n1. The third-order valence-electron chi connectivity index (χ3n) is 2.73. The third-order valence-corrected chi connectivity index (χ3v) is 4.73. The molecule has 0 aliphatic carbocycles. The molecule has 3 aromatic rings. The largest absolute Gasteiger partial charge is 0.357 e. The number of thiophene rings is 1. The highest BCUT2D eigenvalue weighted by molar-refractivity contribution is 7.99. The van der Waals surface area contributed by atoms with E-state index in [0.717, 1.165) is 15.2 Å². The number of aromatic amines is 1. The molecule has 0 bridgehead atoms. The van der Waals surface area contributed by atoms with Gasteiger partial charge < -0.3 is 5.32 Å². The lowest BCUT2D eigenvalue weighted by molar-refractivity contribution is 0.765. The Morgan fingerprint density at radius 1 is 1.45 bits per heavy atom. The molecular formula is C11H12N6OS2. The number of nitrogens with one attached hydrogen (secondary N) is 2. The van der Waals surface area contributed by atoms with E-state index in [1.165, 1.54) is 21.2 Å². The van der Waals surface area contributed by atoms with E-state index in [1.54, 1.807) is 25.4 Å². The fourth-order valence-corrected chi connectivity index (χ4v) is 3.54. The first-order valence-electron chi connectivity index (χ1n) is 5.83. The second-order valence-electron chi connectivity index (χ2n) is 4.15. The molecule has 20 heavy (non-hydrogen) atoms. The summed E-state index contributed by atoms with van der Waals surface area (Å²) in [5.41, 5.74) is -0.242. The number of fused-ring (bicyclic) bond motifs is 1. The molecule has 7 nitrogen and oxygen atoms in total. The molecule has 9 heteroatoms. The van der Waals surface area contributed by atoms with Crippen molar-refractivity contribution in [3.63, 3.8) is 0 Å². The standard InChI is InChI=1S/C11H12N6OS2/c1-5-4-6-7(19-5)13-9(12-2)14-8(6)20-11-16-15-10(18)17(11)3/h4H,1-3H3,(H,15,18)(H,12,13,14). The molecule has 0 aromatic carbocycles. The van der Waals surface area contributed by atoms with Crippen LogP contribution in [0.15, 0.2) is 21.0 Å². The van der Waals surface area contributed by atoms with Crippen LogP contribution in [0, 0.1) is 6.92 Å². The molecule has 0 unspecified atom stereocenters. The van der Waals surface area contributed by atoms with E-state index in [1.807, 2.05) is 13.0 Å². The summed E-state index contributed by atoms with van der Waals surface area (Å²) in [6.07, 6.45) is 0. The van der Waals surface area contributed by atoms with Crippen LogP contribution in [0.2, 0.25) is 0 Å². The summed E-state index contributed by atoms with van der Waals surface area (Å²) in [5.74, 6) is 0.558. The van der Waals surface area contributed by atoms with Gasteiger partial charge in [-0.3, -0.25) is 4.57 Å². The summed E-state index contributed by atoms with van der Waals surface area (Å²) in [6, 6.07) is 2.05. The van der Waals surface area contributed by atoms with Crippen molar-refractivity contribution in [1.29, 1.82) is 0 Å². The van der Waals surface area contributed by atoms with E-state index in [2.05, 4.69) is 25.5 Å². The first-order chi connectivity index (χ1) is 9.58. The second-order valence-corrected chi connectivity index (χ2v) is 6.34. The van der Waals surface area contributed by atoms with Gasteiger partial charge in [0.25, 0.3) is 0 Å². The fraction of sp³-hybridized carbons (Fsp3) is 0.273. The number of aromatic nitrogens is 5. The van der Waals surface area contributed by atoms with E-state index < -0.39 is 0 Å². The maximum atomic E-state index is 11.4. The molecule has 0 fully saturated rings. The van der Waals surface area contributed by atoms with Gasteiger partial charge in [-0.05, 0) is 24.8 Å². The number of hydrogen-bond acceptors (Lipinski definition) is 7. The van der Waals surface area contributed by atoms with Crippen LogP contribution in [-0.2, 0) is 7.05 Å². The first kappa shape index (κ1) is 13.1. The average Bonchev–Trinajstić information content (AvgIpc) is 2.95. The molecule has 0 atom stereocenters. The van der Waals surface area contributed by atoms with Crippen molar-refractivity contribution in [3.05, 3.63) is 21.4 Å². The smallest absolute Gasteiger partial charge is 0.343 e. The van der Waals surface area contributed by atoms with E-state index in [4.69, 9.17) is 0 Å². The van der Waals surface area contributed by atoms with Gasteiger partial charge in [-0.15, -0.1) is 16.4 Å². The van der Waals surface area contributed by atoms with Crippen LogP contribution in [0.1, 0.15) is 4.88 Å². The number of rotatable bonds is 3. The Morgan fingerprint density at radius 2 is 2.25 bits per heavy atom. The molecular weight excluding hydrogens is 296 g/mol. The highest BCUT2D eigenvalue weighted by atomic mass is 32.2. The van der Waals surface area contributed by atoms with E-state index in [9.17, 15) is 4.79 Å². The summed E-state index contributed by atoms with van der Waals surface area (Å²) in [7, 11) is 3.45. The van der Waals surface area contributed by atoms with Crippen LogP contribution in [0.4, 0.5) is 5.95 Å². The van der Waals surface area contributed by atoms with Crippen LogP contribution in [-0.4, -0.2) is 31.8 Å². The Kier molecular flexibility index (Phi) is 3.22. The molecule has 0 spiro atoms. The van der Waals surface area contributed by atoms with Crippen molar-refractivity contribution in [2.45, 2.75) is 17.1 Å². The minimum Gasteiger partial charge on any atom is -0.357 e. The Balaban J connectivity index is 2.14. The summed E-state index contributed by atoms with van der Waals surface area (Å²) in [6.45, 7) is 2.03. The van der Waals surface area contributed by atoms with Crippen LogP contribution in [0.3, 0.4) is 0 Å². The van der Waals surface area contributed by atoms with Crippen molar-refractivity contribution in [1.82, 2.24) is 24.7 Å². The highest BCUT2D eigenvalue weighted by Gasteiger charge is 2.14. The molecule has 0 saturated heterocycles. The molecule has 3 aromatic heterocycles. The molecule has 0 radical (unpaired) electrons. The first-order valence-corrected chi connectivity index (χ1v) is 7.47.